The van der Waals surface area contributed by atoms with Gasteiger partial charge in [0.2, 0.25) is 0 Å². The third-order valence-corrected chi connectivity index (χ3v) is 3.35. The molecule has 90 valence electrons. The van der Waals surface area contributed by atoms with E-state index < -0.39 is 0 Å². The van der Waals surface area contributed by atoms with Gasteiger partial charge < -0.3 is 9.84 Å². The van der Waals surface area contributed by atoms with E-state index >= 15 is 0 Å². The maximum atomic E-state index is 9.95. The van der Waals surface area contributed by atoms with Crippen molar-refractivity contribution >= 4 is 11.3 Å². The van der Waals surface area contributed by atoms with Crippen molar-refractivity contribution < 1.29 is 9.84 Å². The normalized spacial score (nSPS) is 12.4. The zero-order valence-corrected chi connectivity index (χ0v) is 10.5. The van der Waals surface area contributed by atoms with Crippen LogP contribution >= 0.6 is 11.3 Å². The van der Waals surface area contributed by atoms with Crippen molar-refractivity contribution in [2.45, 2.75) is 18.9 Å². The first kappa shape index (κ1) is 12.1. The molecule has 0 fully saturated rings. The van der Waals surface area contributed by atoms with Crippen molar-refractivity contribution in [1.29, 1.82) is 0 Å². The standard InChI is InChI=1S/C13H15NO2S/c1-16-12-4-2-10(3-5-12)6-11(15)7-13-8-14-9-17-13/h2-5,8-9,11,15H,6-7H2,1H3. The van der Waals surface area contributed by atoms with Crippen LogP contribution in [0.4, 0.5) is 0 Å². The highest BCUT2D eigenvalue weighted by molar-refractivity contribution is 7.09. The van der Waals surface area contributed by atoms with Crippen molar-refractivity contribution in [2.24, 2.45) is 0 Å². The Morgan fingerprint density at radius 3 is 2.65 bits per heavy atom. The minimum atomic E-state index is -0.358. The predicted octanol–water partition coefficient (Wildman–Crippen LogP) is 2.30. The van der Waals surface area contributed by atoms with E-state index in [0.29, 0.717) is 12.8 Å². The van der Waals surface area contributed by atoms with Gasteiger partial charge >= 0.3 is 0 Å². The van der Waals surface area contributed by atoms with Crippen LogP contribution in [0.15, 0.2) is 36.0 Å². The smallest absolute Gasteiger partial charge is 0.118 e. The fourth-order valence-corrected chi connectivity index (χ4v) is 2.35. The van der Waals surface area contributed by atoms with E-state index in [1.165, 1.54) is 0 Å². The molecule has 3 nitrogen and oxygen atoms in total. The summed E-state index contributed by atoms with van der Waals surface area (Å²) in [5.41, 5.74) is 2.90. The molecule has 0 radical (unpaired) electrons. The van der Waals surface area contributed by atoms with Crippen LogP contribution in [0, 0.1) is 0 Å². The molecule has 0 saturated heterocycles. The first-order valence-corrected chi connectivity index (χ1v) is 6.34. The number of rotatable bonds is 5. The molecule has 0 saturated carbocycles. The fraction of sp³-hybridized carbons (Fsp3) is 0.308. The number of ether oxygens (including phenoxy) is 1. The van der Waals surface area contributed by atoms with Crippen LogP contribution < -0.4 is 4.74 Å². The van der Waals surface area contributed by atoms with Gasteiger partial charge in [0.15, 0.2) is 0 Å². The molecule has 1 atom stereocenters. The molecule has 0 aliphatic carbocycles. The quantitative estimate of drug-likeness (QED) is 0.884. The lowest BCUT2D eigenvalue weighted by molar-refractivity contribution is 0.176. The van der Waals surface area contributed by atoms with Gasteiger partial charge in [-0.2, -0.15) is 0 Å². The largest absolute Gasteiger partial charge is 0.497 e. The van der Waals surface area contributed by atoms with Crippen LogP contribution in [0.2, 0.25) is 0 Å². The van der Waals surface area contributed by atoms with E-state index in [4.69, 9.17) is 4.74 Å². The summed E-state index contributed by atoms with van der Waals surface area (Å²) >= 11 is 1.58. The Kier molecular flexibility index (Phi) is 4.12. The van der Waals surface area contributed by atoms with Gasteiger partial charge in [-0.1, -0.05) is 12.1 Å². The summed E-state index contributed by atoms with van der Waals surface area (Å²) in [6, 6.07) is 7.78. The topological polar surface area (TPSA) is 42.4 Å². The van der Waals surface area contributed by atoms with E-state index in [1.54, 1.807) is 24.0 Å². The van der Waals surface area contributed by atoms with Gasteiger partial charge in [-0.25, -0.2) is 0 Å². The number of thiazole rings is 1. The molecular formula is C13H15NO2S. The Morgan fingerprint density at radius 1 is 1.29 bits per heavy atom. The molecule has 0 aliphatic rings. The number of hydrogen-bond acceptors (Lipinski definition) is 4. The molecule has 0 aliphatic heterocycles. The number of methoxy groups -OCH3 is 1. The first-order chi connectivity index (χ1) is 8.28. The third-order valence-electron chi connectivity index (χ3n) is 2.55. The van der Waals surface area contributed by atoms with Gasteiger partial charge in [-0.15, -0.1) is 11.3 Å². The summed E-state index contributed by atoms with van der Waals surface area (Å²) in [4.78, 5) is 5.11. The van der Waals surface area contributed by atoms with E-state index in [0.717, 1.165) is 16.2 Å². The Labute approximate surface area is 105 Å². The van der Waals surface area contributed by atoms with Crippen molar-refractivity contribution in [3.05, 3.63) is 46.4 Å². The highest BCUT2D eigenvalue weighted by Crippen LogP contribution is 2.15. The van der Waals surface area contributed by atoms with Crippen LogP contribution in [0.5, 0.6) is 5.75 Å². The lowest BCUT2D eigenvalue weighted by atomic mass is 10.1. The minimum Gasteiger partial charge on any atom is -0.497 e. The molecule has 0 spiro atoms. The lowest BCUT2D eigenvalue weighted by Gasteiger charge is -2.09. The van der Waals surface area contributed by atoms with Crippen molar-refractivity contribution in [3.63, 3.8) is 0 Å². The average Bonchev–Trinajstić information content (AvgIpc) is 2.82. The van der Waals surface area contributed by atoms with Gasteiger partial charge in [0.1, 0.15) is 5.75 Å². The van der Waals surface area contributed by atoms with Crippen molar-refractivity contribution in [2.75, 3.05) is 7.11 Å². The summed E-state index contributed by atoms with van der Waals surface area (Å²) in [7, 11) is 1.65. The number of aliphatic hydroxyl groups is 1. The molecule has 1 aromatic heterocycles. The molecule has 0 bridgehead atoms. The maximum absolute atomic E-state index is 9.95. The second-order valence-electron chi connectivity index (χ2n) is 3.88. The summed E-state index contributed by atoms with van der Waals surface area (Å²) in [6.07, 6.45) is 2.77. The Hall–Kier alpha value is -1.39. The molecule has 1 heterocycles. The fourth-order valence-electron chi connectivity index (χ4n) is 1.68. The van der Waals surface area contributed by atoms with Crippen LogP contribution in [0.3, 0.4) is 0 Å². The molecule has 1 unspecified atom stereocenters. The Balaban J connectivity index is 1.91. The number of aliphatic hydroxyl groups excluding tert-OH is 1. The van der Waals surface area contributed by atoms with Gasteiger partial charge in [-0.05, 0) is 24.1 Å². The third kappa shape index (κ3) is 3.54. The highest BCUT2D eigenvalue weighted by atomic mass is 32.1. The van der Waals surface area contributed by atoms with Crippen LogP contribution in [0.25, 0.3) is 0 Å². The number of aromatic nitrogens is 1. The second kappa shape index (κ2) is 5.80. The Bertz CT molecular complexity index is 439. The van der Waals surface area contributed by atoms with Gasteiger partial charge in [0, 0.05) is 17.5 Å². The highest BCUT2D eigenvalue weighted by Gasteiger charge is 2.08. The van der Waals surface area contributed by atoms with E-state index in [-0.39, 0.29) is 6.10 Å². The van der Waals surface area contributed by atoms with Gasteiger partial charge in [0.25, 0.3) is 0 Å². The molecule has 17 heavy (non-hydrogen) atoms. The average molecular weight is 249 g/mol. The van der Waals surface area contributed by atoms with Gasteiger partial charge in [0.05, 0.1) is 18.7 Å². The lowest BCUT2D eigenvalue weighted by Crippen LogP contribution is -2.13. The monoisotopic (exact) mass is 249 g/mol. The number of benzene rings is 1. The summed E-state index contributed by atoms with van der Waals surface area (Å²) in [5.74, 6) is 0.839. The molecule has 1 aromatic carbocycles. The minimum absolute atomic E-state index is 0.358. The number of hydrogen-bond donors (Lipinski definition) is 1. The zero-order chi connectivity index (χ0) is 12.1. The van der Waals surface area contributed by atoms with Gasteiger partial charge in [-0.3, -0.25) is 4.98 Å². The molecule has 1 N–H and O–H groups in total. The summed E-state index contributed by atoms with van der Waals surface area (Å²) < 4.78 is 5.09. The van der Waals surface area contributed by atoms with Crippen molar-refractivity contribution in [3.8, 4) is 5.75 Å². The van der Waals surface area contributed by atoms with E-state index in [1.807, 2.05) is 30.5 Å². The van der Waals surface area contributed by atoms with E-state index in [9.17, 15) is 5.11 Å². The number of nitrogens with zero attached hydrogens (tertiary/aromatic N) is 1. The Morgan fingerprint density at radius 2 is 2.06 bits per heavy atom. The van der Waals surface area contributed by atoms with Crippen LogP contribution in [-0.2, 0) is 12.8 Å². The van der Waals surface area contributed by atoms with Crippen molar-refractivity contribution in [1.82, 2.24) is 4.98 Å². The molecule has 2 rings (SSSR count). The maximum Gasteiger partial charge on any atom is 0.118 e. The molecular weight excluding hydrogens is 234 g/mol. The molecule has 2 aromatic rings. The first-order valence-electron chi connectivity index (χ1n) is 5.46. The van der Waals surface area contributed by atoms with Crippen LogP contribution in [-0.4, -0.2) is 23.3 Å². The van der Waals surface area contributed by atoms with Crippen LogP contribution in [0.1, 0.15) is 10.4 Å². The SMILES string of the molecule is COc1ccc(CC(O)Cc2cncs2)cc1. The summed E-state index contributed by atoms with van der Waals surface area (Å²) in [5, 5.41) is 9.95. The zero-order valence-electron chi connectivity index (χ0n) is 9.67. The molecule has 4 heteroatoms. The predicted molar refractivity (Wildman–Crippen MR) is 68.5 cm³/mol. The summed E-state index contributed by atoms with van der Waals surface area (Å²) in [6.45, 7) is 0. The molecule has 0 amide bonds. The van der Waals surface area contributed by atoms with E-state index in [2.05, 4.69) is 4.98 Å². The second-order valence-corrected chi connectivity index (χ2v) is 4.85.